The Hall–Kier alpha value is -1.99. The zero-order chi connectivity index (χ0) is 16.8. The number of carbonyl (C=O) groups is 2. The maximum absolute atomic E-state index is 13.6. The molecule has 1 atom stereocenters. The molecule has 0 saturated carbocycles. The summed E-state index contributed by atoms with van der Waals surface area (Å²) >= 11 is 0. The van der Waals surface area contributed by atoms with Crippen LogP contribution in [0.25, 0.3) is 0 Å². The molecule has 1 heterocycles. The van der Waals surface area contributed by atoms with E-state index >= 15 is 0 Å². The van der Waals surface area contributed by atoms with E-state index in [1.165, 1.54) is 6.07 Å². The van der Waals surface area contributed by atoms with E-state index in [-0.39, 0.29) is 31.3 Å². The van der Waals surface area contributed by atoms with Gasteiger partial charge in [0.1, 0.15) is 5.82 Å². The van der Waals surface area contributed by atoms with Gasteiger partial charge in [0, 0.05) is 18.7 Å². The van der Waals surface area contributed by atoms with Crippen LogP contribution < -0.4 is 0 Å². The average molecular weight is 324 g/mol. The predicted molar refractivity (Wildman–Crippen MR) is 81.3 cm³/mol. The summed E-state index contributed by atoms with van der Waals surface area (Å²) in [6.07, 6.45) is -0.136. The Labute approximate surface area is 134 Å². The second-order valence-corrected chi connectivity index (χ2v) is 5.68. The van der Waals surface area contributed by atoms with Gasteiger partial charge in [0.15, 0.2) is 0 Å². The second kappa shape index (κ2) is 8.03. The van der Waals surface area contributed by atoms with Crippen LogP contribution in [0.4, 0.5) is 4.39 Å². The Morgan fingerprint density at radius 2 is 2.17 bits per heavy atom. The van der Waals surface area contributed by atoms with Crippen molar-refractivity contribution in [3.63, 3.8) is 0 Å². The van der Waals surface area contributed by atoms with Gasteiger partial charge in [0.2, 0.25) is 5.91 Å². The molecule has 0 spiro atoms. The molecule has 23 heavy (non-hydrogen) atoms. The molecule has 126 valence electrons. The minimum Gasteiger partial charge on any atom is -0.481 e. The highest BCUT2D eigenvalue weighted by Gasteiger charge is 2.29. The van der Waals surface area contributed by atoms with Gasteiger partial charge in [-0.15, -0.1) is 0 Å². The molecule has 1 aliphatic rings. The lowest BCUT2D eigenvalue weighted by molar-refractivity contribution is -0.146. The van der Waals surface area contributed by atoms with Crippen molar-refractivity contribution in [3.05, 3.63) is 35.6 Å². The van der Waals surface area contributed by atoms with E-state index in [0.29, 0.717) is 25.3 Å². The number of morpholine rings is 1. The summed E-state index contributed by atoms with van der Waals surface area (Å²) in [7, 11) is 1.73. The van der Waals surface area contributed by atoms with Gasteiger partial charge in [-0.1, -0.05) is 18.2 Å². The van der Waals surface area contributed by atoms with Crippen molar-refractivity contribution in [1.29, 1.82) is 0 Å². The van der Waals surface area contributed by atoms with E-state index in [4.69, 9.17) is 9.84 Å². The van der Waals surface area contributed by atoms with E-state index < -0.39 is 12.0 Å². The molecule has 1 aromatic carbocycles. The van der Waals surface area contributed by atoms with Gasteiger partial charge in [-0.05, 0) is 13.1 Å². The summed E-state index contributed by atoms with van der Waals surface area (Å²) in [5.41, 5.74) is 0.520. The molecular formula is C16H21FN2O4. The van der Waals surface area contributed by atoms with Gasteiger partial charge < -0.3 is 14.7 Å². The average Bonchev–Trinajstić information content (AvgIpc) is 2.49. The third kappa shape index (κ3) is 5.01. The highest BCUT2D eigenvalue weighted by atomic mass is 19.1. The molecule has 0 aliphatic carbocycles. The molecule has 1 fully saturated rings. The minimum absolute atomic E-state index is 0.102. The van der Waals surface area contributed by atoms with Gasteiger partial charge in [-0.2, -0.15) is 0 Å². The maximum Gasteiger partial charge on any atom is 0.305 e. The Bertz CT molecular complexity index is 567. The SMILES string of the molecule is CN(CC(=O)N1CCOCC1CC(=O)O)Cc1ccccc1F. The fourth-order valence-corrected chi connectivity index (χ4v) is 2.65. The first-order valence-electron chi connectivity index (χ1n) is 7.48. The van der Waals surface area contributed by atoms with Gasteiger partial charge in [-0.25, -0.2) is 4.39 Å². The van der Waals surface area contributed by atoms with Crippen LogP contribution in [-0.2, 0) is 20.9 Å². The monoisotopic (exact) mass is 324 g/mol. The first kappa shape index (κ1) is 17.4. The lowest BCUT2D eigenvalue weighted by Crippen LogP contribution is -2.52. The van der Waals surface area contributed by atoms with Crippen LogP contribution in [0.1, 0.15) is 12.0 Å². The van der Waals surface area contributed by atoms with Crippen LogP contribution in [0.3, 0.4) is 0 Å². The Kier molecular flexibility index (Phi) is 6.06. The Morgan fingerprint density at radius 1 is 1.43 bits per heavy atom. The Balaban J connectivity index is 1.93. The van der Waals surface area contributed by atoms with Gasteiger partial charge in [-0.3, -0.25) is 14.5 Å². The number of nitrogens with zero attached hydrogens (tertiary/aromatic N) is 2. The fourth-order valence-electron chi connectivity index (χ4n) is 2.65. The van der Waals surface area contributed by atoms with E-state index in [0.717, 1.165) is 0 Å². The number of hydrogen-bond acceptors (Lipinski definition) is 4. The summed E-state index contributed by atoms with van der Waals surface area (Å²) in [5.74, 6) is -1.43. The summed E-state index contributed by atoms with van der Waals surface area (Å²) in [5, 5.41) is 8.93. The maximum atomic E-state index is 13.6. The van der Waals surface area contributed by atoms with Crippen LogP contribution in [0.2, 0.25) is 0 Å². The number of likely N-dealkylation sites (N-methyl/N-ethyl adjacent to an activating group) is 1. The highest BCUT2D eigenvalue weighted by Crippen LogP contribution is 2.13. The smallest absolute Gasteiger partial charge is 0.305 e. The van der Waals surface area contributed by atoms with Gasteiger partial charge >= 0.3 is 5.97 Å². The molecule has 0 aromatic heterocycles. The molecule has 1 amide bonds. The third-order valence-electron chi connectivity index (χ3n) is 3.76. The van der Waals surface area contributed by atoms with E-state index in [9.17, 15) is 14.0 Å². The zero-order valence-corrected chi connectivity index (χ0v) is 13.1. The molecule has 0 radical (unpaired) electrons. The number of rotatable bonds is 6. The molecule has 6 nitrogen and oxygen atoms in total. The number of benzene rings is 1. The Morgan fingerprint density at radius 3 is 2.87 bits per heavy atom. The van der Waals surface area contributed by atoms with Crippen LogP contribution in [0, 0.1) is 5.82 Å². The standard InChI is InChI=1S/C16H21FN2O4/c1-18(9-12-4-2-3-5-14(12)17)10-15(20)19-6-7-23-11-13(19)8-16(21)22/h2-5,13H,6-11H2,1H3,(H,21,22). The fraction of sp³-hybridized carbons (Fsp3) is 0.500. The van der Waals surface area contributed by atoms with Crippen LogP contribution >= 0.6 is 0 Å². The highest BCUT2D eigenvalue weighted by molar-refractivity contribution is 5.79. The number of hydrogen-bond donors (Lipinski definition) is 1. The normalized spacial score (nSPS) is 18.2. The number of aliphatic carboxylic acids is 1. The third-order valence-corrected chi connectivity index (χ3v) is 3.76. The quantitative estimate of drug-likeness (QED) is 0.844. The molecule has 1 saturated heterocycles. The molecule has 1 unspecified atom stereocenters. The van der Waals surface area contributed by atoms with E-state index in [2.05, 4.69) is 0 Å². The number of carbonyl (C=O) groups excluding carboxylic acids is 1. The molecule has 1 aromatic rings. The van der Waals surface area contributed by atoms with Crippen molar-refractivity contribution < 1.29 is 23.8 Å². The lowest BCUT2D eigenvalue weighted by atomic mass is 10.1. The van der Waals surface area contributed by atoms with Crippen molar-refractivity contribution in [3.8, 4) is 0 Å². The van der Waals surface area contributed by atoms with E-state index in [1.807, 2.05) is 0 Å². The summed E-state index contributed by atoms with van der Waals surface area (Å²) in [6.45, 7) is 1.43. The number of carboxylic acid groups (broad SMARTS) is 1. The molecule has 7 heteroatoms. The molecule has 1 N–H and O–H groups in total. The number of carboxylic acids is 1. The van der Waals surface area contributed by atoms with Crippen molar-refractivity contribution >= 4 is 11.9 Å². The summed E-state index contributed by atoms with van der Waals surface area (Å²) in [6, 6.07) is 5.98. The number of amides is 1. The van der Waals surface area contributed by atoms with Crippen LogP contribution in [0.15, 0.2) is 24.3 Å². The molecule has 0 bridgehead atoms. The number of halogens is 1. The predicted octanol–water partition coefficient (Wildman–Crippen LogP) is 0.960. The lowest BCUT2D eigenvalue weighted by Gasteiger charge is -2.35. The summed E-state index contributed by atoms with van der Waals surface area (Å²) in [4.78, 5) is 26.6. The zero-order valence-electron chi connectivity index (χ0n) is 13.1. The number of ether oxygens (including phenoxy) is 1. The van der Waals surface area contributed by atoms with Crippen molar-refractivity contribution in [2.45, 2.75) is 19.0 Å². The topological polar surface area (TPSA) is 70.1 Å². The van der Waals surface area contributed by atoms with Gasteiger partial charge in [0.25, 0.3) is 0 Å². The van der Waals surface area contributed by atoms with E-state index in [1.54, 1.807) is 35.0 Å². The van der Waals surface area contributed by atoms with Crippen molar-refractivity contribution in [2.75, 3.05) is 33.4 Å². The van der Waals surface area contributed by atoms with Crippen molar-refractivity contribution in [1.82, 2.24) is 9.80 Å². The first-order valence-corrected chi connectivity index (χ1v) is 7.48. The van der Waals surface area contributed by atoms with Crippen LogP contribution in [0.5, 0.6) is 0 Å². The van der Waals surface area contributed by atoms with Gasteiger partial charge in [0.05, 0.1) is 32.2 Å². The van der Waals surface area contributed by atoms with Crippen LogP contribution in [-0.4, -0.2) is 66.2 Å². The minimum atomic E-state index is -0.960. The molecule has 1 aliphatic heterocycles. The largest absolute Gasteiger partial charge is 0.481 e. The molecule has 2 rings (SSSR count). The van der Waals surface area contributed by atoms with Crippen molar-refractivity contribution in [2.24, 2.45) is 0 Å². The first-order chi connectivity index (χ1) is 11.0. The second-order valence-electron chi connectivity index (χ2n) is 5.68. The molecular weight excluding hydrogens is 303 g/mol. The summed E-state index contributed by atoms with van der Waals surface area (Å²) < 4.78 is 18.9.